The van der Waals surface area contributed by atoms with E-state index in [0.29, 0.717) is 24.1 Å². The molecule has 5 rings (SSSR count). The highest BCUT2D eigenvalue weighted by Gasteiger charge is 2.27. The molecule has 33 heavy (non-hydrogen) atoms. The van der Waals surface area contributed by atoms with E-state index in [1.807, 2.05) is 24.0 Å². The summed E-state index contributed by atoms with van der Waals surface area (Å²) < 4.78 is 18.7. The molecule has 1 aliphatic rings. The van der Waals surface area contributed by atoms with Gasteiger partial charge >= 0.3 is 0 Å². The van der Waals surface area contributed by atoms with Gasteiger partial charge in [0.1, 0.15) is 11.6 Å². The van der Waals surface area contributed by atoms with Crippen LogP contribution in [0.1, 0.15) is 40.8 Å². The van der Waals surface area contributed by atoms with Crippen LogP contribution in [0.2, 0.25) is 0 Å². The lowest BCUT2D eigenvalue weighted by Gasteiger charge is -2.31. The normalized spacial score (nSPS) is 14.6. The fourth-order valence-corrected chi connectivity index (χ4v) is 4.46. The summed E-state index contributed by atoms with van der Waals surface area (Å²) in [5.41, 5.74) is 5.41. The molecule has 3 heterocycles. The van der Waals surface area contributed by atoms with Crippen LogP contribution in [0.5, 0.6) is 5.75 Å². The average Bonchev–Trinajstić information content (AvgIpc) is 3.26. The van der Waals surface area contributed by atoms with Gasteiger partial charge in [-0.25, -0.2) is 9.37 Å². The van der Waals surface area contributed by atoms with Gasteiger partial charge in [-0.15, -0.1) is 0 Å². The second-order valence-corrected chi connectivity index (χ2v) is 8.46. The second kappa shape index (κ2) is 8.65. The quantitative estimate of drug-likeness (QED) is 0.475. The van der Waals surface area contributed by atoms with Crippen molar-refractivity contribution in [2.45, 2.75) is 25.7 Å². The molecule has 4 aromatic rings. The lowest BCUT2D eigenvalue weighted by atomic mass is 9.91. The molecule has 0 atom stereocenters. The van der Waals surface area contributed by atoms with Gasteiger partial charge in [0.2, 0.25) is 0 Å². The van der Waals surface area contributed by atoms with Crippen LogP contribution in [0.3, 0.4) is 0 Å². The van der Waals surface area contributed by atoms with E-state index in [-0.39, 0.29) is 23.5 Å². The molecule has 1 aliphatic heterocycles. The molecular weight excluding hydrogens is 419 g/mol. The lowest BCUT2D eigenvalue weighted by molar-refractivity contribution is 0.0701. The summed E-state index contributed by atoms with van der Waals surface area (Å²) in [6.07, 6.45) is 1.66. The van der Waals surface area contributed by atoms with Crippen molar-refractivity contribution in [2.75, 3.05) is 20.2 Å². The van der Waals surface area contributed by atoms with E-state index >= 15 is 0 Å². The van der Waals surface area contributed by atoms with Crippen molar-refractivity contribution in [3.8, 4) is 16.9 Å². The van der Waals surface area contributed by atoms with Gasteiger partial charge in [0.25, 0.3) is 5.91 Å². The summed E-state index contributed by atoms with van der Waals surface area (Å²) in [7, 11) is 1.66. The van der Waals surface area contributed by atoms with E-state index in [1.54, 1.807) is 13.2 Å². The number of ether oxygens (including phenoxy) is 1. The van der Waals surface area contributed by atoms with Crippen LogP contribution < -0.4 is 4.74 Å². The molecule has 0 aliphatic carbocycles. The molecule has 2 aromatic heterocycles. The van der Waals surface area contributed by atoms with Crippen LogP contribution in [-0.4, -0.2) is 46.0 Å². The fourth-order valence-electron chi connectivity index (χ4n) is 4.46. The van der Waals surface area contributed by atoms with Gasteiger partial charge in [-0.2, -0.15) is 0 Å². The van der Waals surface area contributed by atoms with Crippen molar-refractivity contribution in [1.82, 2.24) is 19.9 Å². The van der Waals surface area contributed by atoms with Gasteiger partial charge in [0.05, 0.1) is 18.1 Å². The number of piperidine rings is 1. The average molecular weight is 445 g/mol. The minimum Gasteiger partial charge on any atom is -0.497 e. The van der Waals surface area contributed by atoms with Gasteiger partial charge in [-0.05, 0) is 73.4 Å². The number of aryl methyl sites for hydroxylation is 1. The molecule has 0 unspecified atom stereocenters. The van der Waals surface area contributed by atoms with Crippen molar-refractivity contribution in [2.24, 2.45) is 0 Å². The summed E-state index contributed by atoms with van der Waals surface area (Å²) >= 11 is 0. The minimum atomic E-state index is -0.356. The highest BCUT2D eigenvalue weighted by molar-refractivity contribution is 5.94. The smallest absolute Gasteiger partial charge is 0.289 e. The number of H-pyrrole nitrogens is 1. The monoisotopic (exact) mass is 444 g/mol. The molecule has 1 saturated heterocycles. The third-order valence-corrected chi connectivity index (χ3v) is 6.24. The number of fused-ring (bicyclic) bond motifs is 1. The Balaban J connectivity index is 1.30. The van der Waals surface area contributed by atoms with Crippen LogP contribution in [-0.2, 0) is 0 Å². The van der Waals surface area contributed by atoms with Crippen molar-refractivity contribution < 1.29 is 13.9 Å². The Bertz CT molecular complexity index is 1310. The summed E-state index contributed by atoms with van der Waals surface area (Å²) in [5, 5.41) is 0. The van der Waals surface area contributed by atoms with Gasteiger partial charge < -0.3 is 14.6 Å². The highest BCUT2D eigenvalue weighted by atomic mass is 19.1. The molecular formula is C26H25FN4O2. The maximum absolute atomic E-state index is 13.5. The summed E-state index contributed by atoms with van der Waals surface area (Å²) in [4.78, 5) is 26.9. The molecule has 1 N–H and O–H groups in total. The molecule has 2 aromatic carbocycles. The maximum atomic E-state index is 13.5. The summed E-state index contributed by atoms with van der Waals surface area (Å²) in [6, 6.07) is 16.6. The number of rotatable bonds is 4. The molecule has 7 heteroatoms. The Hall–Kier alpha value is -3.74. The van der Waals surface area contributed by atoms with Crippen molar-refractivity contribution in [3.05, 3.63) is 77.6 Å². The molecule has 0 radical (unpaired) electrons. The Morgan fingerprint density at radius 2 is 1.79 bits per heavy atom. The number of hydrogen-bond donors (Lipinski definition) is 1. The SMILES string of the molecule is COc1ccc(-c2cc(C)nc(C3CCN(C(=O)c4nc5ccc(F)cc5[nH]4)CC3)c2)cc1. The van der Waals surface area contributed by atoms with E-state index < -0.39 is 0 Å². The number of nitrogens with zero attached hydrogens (tertiary/aromatic N) is 3. The third kappa shape index (κ3) is 4.31. The second-order valence-electron chi connectivity index (χ2n) is 8.46. The van der Waals surface area contributed by atoms with E-state index in [2.05, 4.69) is 34.2 Å². The van der Waals surface area contributed by atoms with Crippen LogP contribution in [0, 0.1) is 12.7 Å². The van der Waals surface area contributed by atoms with Crippen molar-refractivity contribution >= 4 is 16.9 Å². The first-order chi connectivity index (χ1) is 16.0. The first kappa shape index (κ1) is 21.1. The molecule has 0 spiro atoms. The number of halogens is 1. The van der Waals surface area contributed by atoms with Crippen LogP contribution in [0.25, 0.3) is 22.2 Å². The molecule has 0 bridgehead atoms. The zero-order chi connectivity index (χ0) is 22.9. The van der Waals surface area contributed by atoms with E-state index in [1.165, 1.54) is 12.1 Å². The predicted octanol–water partition coefficient (Wildman–Crippen LogP) is 5.10. The summed E-state index contributed by atoms with van der Waals surface area (Å²) in [6.45, 7) is 3.27. The van der Waals surface area contributed by atoms with Gasteiger partial charge in [0.15, 0.2) is 5.82 Å². The van der Waals surface area contributed by atoms with Gasteiger partial charge in [-0.1, -0.05) is 12.1 Å². The maximum Gasteiger partial charge on any atom is 0.289 e. The van der Waals surface area contributed by atoms with Crippen LogP contribution in [0.4, 0.5) is 4.39 Å². The number of pyridine rings is 1. The number of carbonyl (C=O) groups is 1. The lowest BCUT2D eigenvalue weighted by Crippen LogP contribution is -2.38. The minimum absolute atomic E-state index is 0.152. The van der Waals surface area contributed by atoms with Crippen molar-refractivity contribution in [1.29, 1.82) is 0 Å². The van der Waals surface area contributed by atoms with Crippen LogP contribution >= 0.6 is 0 Å². The number of nitrogens with one attached hydrogen (secondary N) is 1. The number of hydrogen-bond acceptors (Lipinski definition) is 4. The topological polar surface area (TPSA) is 71.1 Å². The number of imidazole rings is 1. The molecule has 1 fully saturated rings. The third-order valence-electron chi connectivity index (χ3n) is 6.24. The number of amides is 1. The fraction of sp³-hybridized carbons (Fsp3) is 0.269. The Kier molecular flexibility index (Phi) is 5.54. The van der Waals surface area contributed by atoms with E-state index in [4.69, 9.17) is 9.72 Å². The molecule has 6 nitrogen and oxygen atoms in total. The van der Waals surface area contributed by atoms with Crippen LogP contribution in [0.15, 0.2) is 54.6 Å². The molecule has 168 valence electrons. The highest BCUT2D eigenvalue weighted by Crippen LogP contribution is 2.31. The number of methoxy groups -OCH3 is 1. The first-order valence-corrected chi connectivity index (χ1v) is 11.1. The standard InChI is InChI=1S/C26H25FN4O2/c1-16-13-19(17-3-6-21(33-2)7-4-17)14-23(28-16)18-9-11-31(12-10-18)26(32)25-29-22-8-5-20(27)15-24(22)30-25/h3-8,13-15,18H,9-12H2,1-2H3,(H,29,30). The van der Waals surface area contributed by atoms with Gasteiger partial charge in [0, 0.05) is 30.4 Å². The summed E-state index contributed by atoms with van der Waals surface area (Å²) in [5.74, 6) is 0.864. The Morgan fingerprint density at radius 3 is 2.52 bits per heavy atom. The largest absolute Gasteiger partial charge is 0.497 e. The van der Waals surface area contributed by atoms with E-state index in [9.17, 15) is 9.18 Å². The zero-order valence-corrected chi connectivity index (χ0v) is 18.6. The Labute approximate surface area is 191 Å². The number of carbonyl (C=O) groups excluding carboxylic acids is 1. The van der Waals surface area contributed by atoms with Gasteiger partial charge in [-0.3, -0.25) is 9.78 Å². The number of aromatic amines is 1. The Morgan fingerprint density at radius 1 is 1.03 bits per heavy atom. The molecule has 1 amide bonds. The number of benzene rings is 2. The predicted molar refractivity (Wildman–Crippen MR) is 125 cm³/mol. The zero-order valence-electron chi connectivity index (χ0n) is 18.6. The van der Waals surface area contributed by atoms with Crippen molar-refractivity contribution in [3.63, 3.8) is 0 Å². The number of aromatic nitrogens is 3. The first-order valence-electron chi connectivity index (χ1n) is 11.1. The number of likely N-dealkylation sites (tertiary alicyclic amines) is 1. The van der Waals surface area contributed by atoms with E-state index in [0.717, 1.165) is 41.1 Å². The molecule has 0 saturated carbocycles.